The van der Waals surface area contributed by atoms with Crippen molar-refractivity contribution in [1.29, 1.82) is 0 Å². The zero-order chi connectivity index (χ0) is 11.7. The molecule has 92 valence electrons. The van der Waals surface area contributed by atoms with Crippen LogP contribution in [0.5, 0.6) is 0 Å². The lowest BCUT2D eigenvalue weighted by atomic mass is 10.1. The molecule has 2 N–H and O–H groups in total. The zero-order valence-electron chi connectivity index (χ0n) is 10.2. The van der Waals surface area contributed by atoms with Gasteiger partial charge < -0.3 is 15.4 Å². The molecule has 1 aliphatic carbocycles. The van der Waals surface area contributed by atoms with Crippen LogP contribution in [0, 0.1) is 0 Å². The molecule has 1 saturated heterocycles. The zero-order valence-corrected chi connectivity index (χ0v) is 10.2. The van der Waals surface area contributed by atoms with Crippen LogP contribution in [0.1, 0.15) is 30.0 Å². The summed E-state index contributed by atoms with van der Waals surface area (Å²) in [5, 5.41) is 0. The molecule has 3 nitrogen and oxygen atoms in total. The fourth-order valence-electron chi connectivity index (χ4n) is 2.95. The van der Waals surface area contributed by atoms with Crippen LogP contribution in [0.3, 0.4) is 0 Å². The highest BCUT2D eigenvalue weighted by Gasteiger charge is 2.23. The Morgan fingerprint density at radius 1 is 1.24 bits per heavy atom. The third-order valence-corrected chi connectivity index (χ3v) is 3.86. The van der Waals surface area contributed by atoms with E-state index in [2.05, 4.69) is 23.1 Å². The first-order chi connectivity index (χ1) is 8.36. The molecule has 3 heteroatoms. The molecule has 1 fully saturated rings. The quantitative estimate of drug-likeness (QED) is 0.803. The van der Waals surface area contributed by atoms with Gasteiger partial charge in [-0.25, -0.2) is 0 Å². The molecule has 3 rings (SSSR count). The molecule has 0 aromatic heterocycles. The SMILES string of the molecule is NC1CCc2c1cccc2N1CCCOCC1. The van der Waals surface area contributed by atoms with E-state index in [0.29, 0.717) is 0 Å². The average Bonchev–Trinajstić information content (AvgIpc) is 2.59. The van der Waals surface area contributed by atoms with Crippen LogP contribution in [-0.4, -0.2) is 26.3 Å². The van der Waals surface area contributed by atoms with E-state index < -0.39 is 0 Å². The molecule has 1 aromatic carbocycles. The van der Waals surface area contributed by atoms with Gasteiger partial charge in [-0.05, 0) is 36.5 Å². The van der Waals surface area contributed by atoms with E-state index in [9.17, 15) is 0 Å². The van der Waals surface area contributed by atoms with Crippen LogP contribution in [0.2, 0.25) is 0 Å². The van der Waals surface area contributed by atoms with Crippen LogP contribution in [0.4, 0.5) is 5.69 Å². The maximum absolute atomic E-state index is 6.13. The van der Waals surface area contributed by atoms with Crippen molar-refractivity contribution in [1.82, 2.24) is 0 Å². The number of hydrogen-bond acceptors (Lipinski definition) is 3. The number of fused-ring (bicyclic) bond motifs is 1. The number of hydrogen-bond donors (Lipinski definition) is 1. The van der Waals surface area contributed by atoms with Crippen molar-refractivity contribution >= 4 is 5.69 Å². The van der Waals surface area contributed by atoms with Crippen molar-refractivity contribution < 1.29 is 4.74 Å². The minimum absolute atomic E-state index is 0.244. The fraction of sp³-hybridized carbons (Fsp3) is 0.571. The lowest BCUT2D eigenvalue weighted by Crippen LogP contribution is -2.26. The first kappa shape index (κ1) is 11.1. The number of anilines is 1. The molecule has 1 atom stereocenters. The van der Waals surface area contributed by atoms with Gasteiger partial charge >= 0.3 is 0 Å². The topological polar surface area (TPSA) is 38.5 Å². The van der Waals surface area contributed by atoms with Crippen LogP contribution >= 0.6 is 0 Å². The Morgan fingerprint density at radius 2 is 2.18 bits per heavy atom. The lowest BCUT2D eigenvalue weighted by molar-refractivity contribution is 0.152. The Hall–Kier alpha value is -1.06. The van der Waals surface area contributed by atoms with E-state index in [1.54, 1.807) is 0 Å². The lowest BCUT2D eigenvalue weighted by Gasteiger charge is -2.25. The van der Waals surface area contributed by atoms with Crippen LogP contribution in [0.15, 0.2) is 18.2 Å². The van der Waals surface area contributed by atoms with E-state index in [0.717, 1.165) is 45.6 Å². The molecule has 1 aromatic rings. The Kier molecular flexibility index (Phi) is 3.04. The van der Waals surface area contributed by atoms with Crippen molar-refractivity contribution in [3.05, 3.63) is 29.3 Å². The third-order valence-electron chi connectivity index (χ3n) is 3.86. The van der Waals surface area contributed by atoms with Gasteiger partial charge in [0, 0.05) is 31.4 Å². The van der Waals surface area contributed by atoms with E-state index in [1.165, 1.54) is 16.8 Å². The Labute approximate surface area is 103 Å². The molecule has 1 aliphatic heterocycles. The number of ether oxygens (including phenoxy) is 1. The van der Waals surface area contributed by atoms with E-state index >= 15 is 0 Å². The molecule has 1 heterocycles. The Balaban J connectivity index is 1.92. The summed E-state index contributed by atoms with van der Waals surface area (Å²) in [6.07, 6.45) is 3.34. The van der Waals surface area contributed by atoms with Gasteiger partial charge in [-0.2, -0.15) is 0 Å². The Bertz CT molecular complexity index is 397. The van der Waals surface area contributed by atoms with Gasteiger partial charge in [0.15, 0.2) is 0 Å². The number of nitrogens with two attached hydrogens (primary N) is 1. The number of rotatable bonds is 1. The fourth-order valence-corrected chi connectivity index (χ4v) is 2.95. The largest absolute Gasteiger partial charge is 0.380 e. The molecule has 1 unspecified atom stereocenters. The van der Waals surface area contributed by atoms with Crippen LogP contribution in [-0.2, 0) is 11.2 Å². The summed E-state index contributed by atoms with van der Waals surface area (Å²) in [4.78, 5) is 2.46. The normalized spacial score (nSPS) is 24.5. The predicted octanol–water partition coefficient (Wildman–Crippen LogP) is 1.86. The average molecular weight is 232 g/mol. The maximum Gasteiger partial charge on any atom is 0.0641 e. The second kappa shape index (κ2) is 4.67. The van der Waals surface area contributed by atoms with Gasteiger partial charge in [-0.3, -0.25) is 0 Å². The van der Waals surface area contributed by atoms with E-state index in [4.69, 9.17) is 10.5 Å². The minimum Gasteiger partial charge on any atom is -0.380 e. The summed E-state index contributed by atoms with van der Waals surface area (Å²) >= 11 is 0. The smallest absolute Gasteiger partial charge is 0.0641 e. The number of nitrogens with zero attached hydrogens (tertiary/aromatic N) is 1. The van der Waals surface area contributed by atoms with Crippen LogP contribution in [0.25, 0.3) is 0 Å². The highest BCUT2D eigenvalue weighted by atomic mass is 16.5. The van der Waals surface area contributed by atoms with Gasteiger partial charge in [0.25, 0.3) is 0 Å². The molecule has 0 saturated carbocycles. The molecular formula is C14H20N2O. The monoisotopic (exact) mass is 232 g/mol. The summed E-state index contributed by atoms with van der Waals surface area (Å²) in [5.41, 5.74) is 10.4. The molecule has 0 bridgehead atoms. The second-order valence-electron chi connectivity index (χ2n) is 4.94. The predicted molar refractivity (Wildman–Crippen MR) is 69.3 cm³/mol. The summed E-state index contributed by atoms with van der Waals surface area (Å²) in [6, 6.07) is 6.81. The molecule has 0 radical (unpaired) electrons. The van der Waals surface area contributed by atoms with Crippen molar-refractivity contribution in [3.63, 3.8) is 0 Å². The van der Waals surface area contributed by atoms with Crippen LogP contribution < -0.4 is 10.6 Å². The van der Waals surface area contributed by atoms with Gasteiger partial charge in [0.2, 0.25) is 0 Å². The van der Waals surface area contributed by atoms with E-state index in [1.807, 2.05) is 0 Å². The van der Waals surface area contributed by atoms with Crippen molar-refractivity contribution in [2.24, 2.45) is 5.73 Å². The van der Waals surface area contributed by atoms with Gasteiger partial charge in [-0.1, -0.05) is 12.1 Å². The third kappa shape index (κ3) is 2.05. The van der Waals surface area contributed by atoms with Gasteiger partial charge in [0.05, 0.1) is 6.61 Å². The Morgan fingerprint density at radius 3 is 3.12 bits per heavy atom. The van der Waals surface area contributed by atoms with Crippen molar-refractivity contribution in [2.45, 2.75) is 25.3 Å². The van der Waals surface area contributed by atoms with E-state index in [-0.39, 0.29) is 6.04 Å². The second-order valence-corrected chi connectivity index (χ2v) is 4.94. The summed E-state index contributed by atoms with van der Waals surface area (Å²) in [6.45, 7) is 3.85. The molecule has 0 amide bonds. The maximum atomic E-state index is 6.13. The summed E-state index contributed by atoms with van der Waals surface area (Å²) < 4.78 is 5.52. The molecular weight excluding hydrogens is 212 g/mol. The minimum atomic E-state index is 0.244. The van der Waals surface area contributed by atoms with Gasteiger partial charge in [0.1, 0.15) is 0 Å². The van der Waals surface area contributed by atoms with Crippen molar-refractivity contribution in [3.8, 4) is 0 Å². The standard InChI is InChI=1S/C14H20N2O/c15-13-6-5-12-11(13)3-1-4-14(12)16-7-2-9-17-10-8-16/h1,3-4,13H,2,5-10,15H2. The summed E-state index contributed by atoms with van der Waals surface area (Å²) in [7, 11) is 0. The van der Waals surface area contributed by atoms with Crippen molar-refractivity contribution in [2.75, 3.05) is 31.2 Å². The molecule has 2 aliphatic rings. The first-order valence-electron chi connectivity index (χ1n) is 6.56. The molecule has 0 spiro atoms. The first-order valence-corrected chi connectivity index (χ1v) is 6.56. The molecule has 17 heavy (non-hydrogen) atoms. The van der Waals surface area contributed by atoms with Gasteiger partial charge in [-0.15, -0.1) is 0 Å². The highest BCUT2D eigenvalue weighted by molar-refractivity contribution is 5.59. The summed E-state index contributed by atoms with van der Waals surface area (Å²) in [5.74, 6) is 0. The highest BCUT2D eigenvalue weighted by Crippen LogP contribution is 2.36. The number of benzene rings is 1.